The van der Waals surface area contributed by atoms with Gasteiger partial charge in [-0.2, -0.15) is 5.10 Å². The van der Waals surface area contributed by atoms with Crippen LogP contribution in [0.15, 0.2) is 18.2 Å². The van der Waals surface area contributed by atoms with Crippen molar-refractivity contribution in [3.63, 3.8) is 0 Å². The molecule has 2 rings (SSSR count). The van der Waals surface area contributed by atoms with Gasteiger partial charge in [-0.15, -0.1) is 0 Å². The van der Waals surface area contributed by atoms with Gasteiger partial charge in [0.1, 0.15) is 11.6 Å². The molecule has 1 heterocycles. The molecule has 0 aliphatic carbocycles. The van der Waals surface area contributed by atoms with Crippen molar-refractivity contribution in [2.45, 2.75) is 13.8 Å². The molecule has 0 unspecified atom stereocenters. The fourth-order valence-electron chi connectivity index (χ4n) is 1.60. The van der Waals surface area contributed by atoms with Crippen LogP contribution in [0.25, 0.3) is 11.3 Å². The highest BCUT2D eigenvalue weighted by atomic mass is 16.3. The highest BCUT2D eigenvalue weighted by Gasteiger charge is 2.06. The number of phenolic OH excluding ortho intramolecular Hbond substituents is 1. The fraction of sp³-hybridized carbons (Fsp3) is 0.182. The first kappa shape index (κ1) is 9.58. The van der Waals surface area contributed by atoms with Crippen molar-refractivity contribution in [2.24, 2.45) is 0 Å². The molecule has 0 aliphatic heterocycles. The van der Waals surface area contributed by atoms with Crippen LogP contribution in [0.5, 0.6) is 5.75 Å². The van der Waals surface area contributed by atoms with Gasteiger partial charge < -0.3 is 10.8 Å². The lowest BCUT2D eigenvalue weighted by molar-refractivity contribution is 0.467. The van der Waals surface area contributed by atoms with E-state index in [1.165, 1.54) is 0 Å². The fourth-order valence-corrected chi connectivity index (χ4v) is 1.60. The van der Waals surface area contributed by atoms with Gasteiger partial charge in [0.05, 0.1) is 5.69 Å². The van der Waals surface area contributed by atoms with E-state index in [9.17, 15) is 5.11 Å². The maximum Gasteiger partial charge on any atom is 0.145 e. The zero-order chi connectivity index (χ0) is 11.0. The molecule has 4 nitrogen and oxygen atoms in total. The van der Waals surface area contributed by atoms with E-state index in [0.29, 0.717) is 11.6 Å². The molecule has 78 valence electrons. The maximum absolute atomic E-state index is 9.63. The van der Waals surface area contributed by atoms with E-state index in [1.807, 2.05) is 26.0 Å². The standard InChI is InChI=1S/C11H13N3O/c1-6-3-8(4-7(2)11(6)15)9-5-10(12)14-13-9/h3-5,15H,1-2H3,(H3,12,13,14). The van der Waals surface area contributed by atoms with Crippen LogP contribution in [-0.4, -0.2) is 15.3 Å². The number of aromatic hydroxyl groups is 1. The zero-order valence-corrected chi connectivity index (χ0v) is 8.70. The summed E-state index contributed by atoms with van der Waals surface area (Å²) in [5.74, 6) is 0.805. The summed E-state index contributed by atoms with van der Waals surface area (Å²) in [5.41, 5.74) is 9.06. The number of aromatic nitrogens is 2. The van der Waals surface area contributed by atoms with Crippen LogP contribution >= 0.6 is 0 Å². The number of phenols is 1. The number of anilines is 1. The SMILES string of the molecule is Cc1cc(-c2cc(N)n[nH]2)cc(C)c1O. The van der Waals surface area contributed by atoms with Gasteiger partial charge in [0.2, 0.25) is 0 Å². The minimum Gasteiger partial charge on any atom is -0.507 e. The zero-order valence-electron chi connectivity index (χ0n) is 8.70. The number of H-pyrrole nitrogens is 1. The van der Waals surface area contributed by atoms with Gasteiger partial charge in [-0.25, -0.2) is 0 Å². The van der Waals surface area contributed by atoms with Crippen molar-refractivity contribution in [2.75, 3.05) is 5.73 Å². The summed E-state index contributed by atoms with van der Waals surface area (Å²) in [4.78, 5) is 0. The molecule has 0 atom stereocenters. The molecule has 15 heavy (non-hydrogen) atoms. The minimum atomic E-state index is 0.339. The second-order valence-electron chi connectivity index (χ2n) is 3.67. The maximum atomic E-state index is 9.63. The Morgan fingerprint density at radius 1 is 1.20 bits per heavy atom. The number of nitrogens with two attached hydrogens (primary N) is 1. The Morgan fingerprint density at radius 2 is 1.80 bits per heavy atom. The molecule has 0 radical (unpaired) electrons. The van der Waals surface area contributed by atoms with Crippen molar-refractivity contribution >= 4 is 5.82 Å². The van der Waals surface area contributed by atoms with Crippen LogP contribution in [0.1, 0.15) is 11.1 Å². The molecule has 0 saturated carbocycles. The molecule has 2 aromatic rings. The number of nitrogen functional groups attached to an aromatic ring is 1. The highest BCUT2D eigenvalue weighted by molar-refractivity contribution is 5.65. The van der Waals surface area contributed by atoms with Crippen molar-refractivity contribution in [1.29, 1.82) is 0 Å². The molecule has 4 heteroatoms. The Kier molecular flexibility index (Phi) is 2.11. The Hall–Kier alpha value is -1.97. The van der Waals surface area contributed by atoms with Crippen LogP contribution in [0.3, 0.4) is 0 Å². The molecular formula is C11H13N3O. The van der Waals surface area contributed by atoms with Crippen molar-refractivity contribution in [3.8, 4) is 17.0 Å². The summed E-state index contributed by atoms with van der Waals surface area (Å²) >= 11 is 0. The van der Waals surface area contributed by atoms with E-state index in [4.69, 9.17) is 5.73 Å². The van der Waals surface area contributed by atoms with Crippen molar-refractivity contribution in [1.82, 2.24) is 10.2 Å². The number of aryl methyl sites for hydroxylation is 2. The van der Waals surface area contributed by atoms with Gasteiger partial charge in [-0.05, 0) is 37.1 Å². The summed E-state index contributed by atoms with van der Waals surface area (Å²) in [6.07, 6.45) is 0. The molecule has 1 aromatic carbocycles. The Bertz CT molecular complexity index is 479. The molecule has 0 fully saturated rings. The lowest BCUT2D eigenvalue weighted by atomic mass is 10.0. The Balaban J connectivity index is 2.55. The number of hydrogen-bond donors (Lipinski definition) is 3. The largest absolute Gasteiger partial charge is 0.507 e. The summed E-state index contributed by atoms with van der Waals surface area (Å²) in [7, 11) is 0. The number of nitrogens with zero attached hydrogens (tertiary/aromatic N) is 1. The van der Waals surface area contributed by atoms with Gasteiger partial charge in [0, 0.05) is 11.6 Å². The van der Waals surface area contributed by atoms with Crippen LogP contribution < -0.4 is 5.73 Å². The van der Waals surface area contributed by atoms with Crippen LogP contribution in [0.4, 0.5) is 5.82 Å². The number of nitrogens with one attached hydrogen (secondary N) is 1. The molecule has 0 amide bonds. The average molecular weight is 203 g/mol. The summed E-state index contributed by atoms with van der Waals surface area (Å²) in [6.45, 7) is 3.73. The van der Waals surface area contributed by atoms with E-state index in [0.717, 1.165) is 22.4 Å². The quantitative estimate of drug-likeness (QED) is 0.663. The number of hydrogen-bond acceptors (Lipinski definition) is 3. The molecule has 1 aromatic heterocycles. The van der Waals surface area contributed by atoms with E-state index in [1.54, 1.807) is 6.07 Å². The van der Waals surface area contributed by atoms with Crippen LogP contribution in [-0.2, 0) is 0 Å². The topological polar surface area (TPSA) is 74.9 Å². The molecule has 0 aliphatic rings. The highest BCUT2D eigenvalue weighted by Crippen LogP contribution is 2.28. The van der Waals surface area contributed by atoms with Gasteiger partial charge in [-0.1, -0.05) is 0 Å². The van der Waals surface area contributed by atoms with Crippen molar-refractivity contribution < 1.29 is 5.11 Å². The van der Waals surface area contributed by atoms with Crippen LogP contribution in [0.2, 0.25) is 0 Å². The molecule has 0 saturated heterocycles. The molecular weight excluding hydrogens is 190 g/mol. The second kappa shape index (κ2) is 3.31. The van der Waals surface area contributed by atoms with Crippen LogP contribution in [0, 0.1) is 13.8 Å². The number of rotatable bonds is 1. The summed E-state index contributed by atoms with van der Waals surface area (Å²) in [6, 6.07) is 5.57. The van der Waals surface area contributed by atoms with E-state index in [-0.39, 0.29) is 0 Å². The lowest BCUT2D eigenvalue weighted by Gasteiger charge is -2.05. The first-order chi connectivity index (χ1) is 7.08. The average Bonchev–Trinajstić information content (AvgIpc) is 2.60. The molecule has 0 bridgehead atoms. The van der Waals surface area contributed by atoms with E-state index < -0.39 is 0 Å². The predicted octanol–water partition coefficient (Wildman–Crippen LogP) is 1.98. The van der Waals surface area contributed by atoms with E-state index in [2.05, 4.69) is 10.2 Å². The first-order valence-corrected chi connectivity index (χ1v) is 4.69. The van der Waals surface area contributed by atoms with Gasteiger partial charge in [0.15, 0.2) is 0 Å². The summed E-state index contributed by atoms with van der Waals surface area (Å²) in [5, 5.41) is 16.3. The molecule has 4 N–H and O–H groups in total. The Morgan fingerprint density at radius 3 is 2.27 bits per heavy atom. The summed E-state index contributed by atoms with van der Waals surface area (Å²) < 4.78 is 0. The van der Waals surface area contributed by atoms with Gasteiger partial charge in [-0.3, -0.25) is 5.10 Å². The number of benzene rings is 1. The normalized spacial score (nSPS) is 10.5. The Labute approximate surface area is 87.7 Å². The smallest absolute Gasteiger partial charge is 0.145 e. The lowest BCUT2D eigenvalue weighted by Crippen LogP contribution is -1.85. The van der Waals surface area contributed by atoms with E-state index >= 15 is 0 Å². The third-order valence-corrected chi connectivity index (χ3v) is 2.40. The first-order valence-electron chi connectivity index (χ1n) is 4.69. The third-order valence-electron chi connectivity index (χ3n) is 2.40. The van der Waals surface area contributed by atoms with Crippen molar-refractivity contribution in [3.05, 3.63) is 29.3 Å². The van der Waals surface area contributed by atoms with Gasteiger partial charge in [0.25, 0.3) is 0 Å². The third kappa shape index (κ3) is 1.66. The minimum absolute atomic E-state index is 0.339. The monoisotopic (exact) mass is 203 g/mol. The molecule has 0 spiro atoms. The van der Waals surface area contributed by atoms with Gasteiger partial charge >= 0.3 is 0 Å². The second-order valence-corrected chi connectivity index (χ2v) is 3.67. The number of aromatic amines is 1. The predicted molar refractivity (Wildman–Crippen MR) is 59.6 cm³/mol.